The van der Waals surface area contributed by atoms with Crippen molar-refractivity contribution in [3.8, 4) is 0 Å². The Hall–Kier alpha value is -0.390. The predicted octanol–water partition coefficient (Wildman–Crippen LogP) is 9.12. The lowest BCUT2D eigenvalue weighted by Gasteiger charge is -2.29. The lowest BCUT2D eigenvalue weighted by molar-refractivity contribution is -0.760. The van der Waals surface area contributed by atoms with Crippen LogP contribution in [0, 0.1) is 0 Å². The van der Waals surface area contributed by atoms with Crippen LogP contribution in [0.4, 0.5) is 0 Å². The highest BCUT2D eigenvalue weighted by molar-refractivity contribution is 7.30. The van der Waals surface area contributed by atoms with Gasteiger partial charge in [-0.05, 0) is 18.4 Å². The molecule has 1 aromatic carbocycles. The smallest absolute Gasteiger partial charge is 0.0933 e. The Morgan fingerprint density at radius 2 is 1.00 bits per heavy atom. The van der Waals surface area contributed by atoms with Crippen LogP contribution >= 0.6 is 8.73 Å². The fraction of sp³-hybridized carbons (Fsp3) is 0.778. The van der Waals surface area contributed by atoms with Crippen LogP contribution in [0.5, 0.6) is 0 Å². The van der Waals surface area contributed by atoms with E-state index < -0.39 is 0 Å². The van der Waals surface area contributed by atoms with E-state index in [-0.39, 0.29) is 0 Å². The zero-order valence-electron chi connectivity index (χ0n) is 20.1. The molecule has 0 radical (unpaired) electrons. The molecule has 1 atom stereocenters. The van der Waals surface area contributed by atoms with Crippen molar-refractivity contribution in [2.24, 2.45) is 0 Å². The minimum absolute atomic E-state index is 0.985. The van der Waals surface area contributed by atoms with Crippen molar-refractivity contribution >= 4 is 8.73 Å². The summed E-state index contributed by atoms with van der Waals surface area (Å²) in [5.41, 5.74) is 1.49. The first-order valence-electron chi connectivity index (χ1n) is 12.8. The average Bonchev–Trinajstić information content (AvgIpc) is 2.73. The zero-order valence-corrected chi connectivity index (χ0v) is 21.1. The van der Waals surface area contributed by atoms with Crippen molar-refractivity contribution in [2.45, 2.75) is 116 Å². The van der Waals surface area contributed by atoms with Crippen molar-refractivity contribution in [2.75, 3.05) is 20.6 Å². The standard InChI is InChI=1S/C27H51NP/c1-4-5-6-7-8-9-10-11-12-13-14-15-16-17-18-22-25-28(2,3)29-26-27-23-20-19-21-24-27/h19-21,23-24,29H,4-18,22,25-26H2,1-3H3/q+1. The van der Waals surface area contributed by atoms with Crippen LogP contribution in [-0.4, -0.2) is 24.9 Å². The Kier molecular flexibility index (Phi) is 16.9. The summed E-state index contributed by atoms with van der Waals surface area (Å²) in [5.74, 6) is 0. The van der Waals surface area contributed by atoms with Gasteiger partial charge in [-0.3, -0.25) is 0 Å². The van der Waals surface area contributed by atoms with Crippen LogP contribution in [0.15, 0.2) is 30.3 Å². The highest BCUT2D eigenvalue weighted by atomic mass is 31.1. The molecule has 0 amide bonds. The summed E-state index contributed by atoms with van der Waals surface area (Å²) < 4.78 is 1.19. The maximum absolute atomic E-state index is 2.41. The molecule has 29 heavy (non-hydrogen) atoms. The first-order chi connectivity index (χ1) is 14.1. The van der Waals surface area contributed by atoms with E-state index in [0.717, 1.165) is 8.73 Å². The predicted molar refractivity (Wildman–Crippen MR) is 135 cm³/mol. The van der Waals surface area contributed by atoms with E-state index in [1.54, 1.807) is 0 Å². The lowest BCUT2D eigenvalue weighted by atomic mass is 10.0. The summed E-state index contributed by atoms with van der Waals surface area (Å²) in [5, 5.41) is 0. The molecule has 0 aliphatic heterocycles. The van der Waals surface area contributed by atoms with Gasteiger partial charge in [-0.15, -0.1) is 0 Å². The molecule has 0 aromatic heterocycles. The molecular formula is C27H51NP+. The molecule has 1 nitrogen and oxygen atoms in total. The van der Waals surface area contributed by atoms with Gasteiger partial charge in [0.25, 0.3) is 0 Å². The Morgan fingerprint density at radius 1 is 0.586 bits per heavy atom. The highest BCUT2D eigenvalue weighted by Crippen LogP contribution is 2.29. The number of hydrogen-bond donors (Lipinski definition) is 0. The molecule has 0 N–H and O–H groups in total. The Balaban J connectivity index is 1.82. The first-order valence-corrected chi connectivity index (χ1v) is 13.9. The van der Waals surface area contributed by atoms with E-state index in [0.29, 0.717) is 0 Å². The first kappa shape index (κ1) is 26.6. The van der Waals surface area contributed by atoms with Crippen LogP contribution in [0.25, 0.3) is 0 Å². The summed E-state index contributed by atoms with van der Waals surface area (Å²) in [6, 6.07) is 11.0. The van der Waals surface area contributed by atoms with Gasteiger partial charge in [0, 0.05) is 6.16 Å². The van der Waals surface area contributed by atoms with Gasteiger partial charge < -0.3 is 4.25 Å². The van der Waals surface area contributed by atoms with Gasteiger partial charge in [-0.2, -0.15) is 0 Å². The van der Waals surface area contributed by atoms with Crippen molar-refractivity contribution in [1.29, 1.82) is 0 Å². The number of quaternary nitrogens is 1. The second-order valence-corrected chi connectivity index (χ2v) is 11.4. The largest absolute Gasteiger partial charge is 0.317 e. The zero-order chi connectivity index (χ0) is 21.0. The van der Waals surface area contributed by atoms with E-state index in [4.69, 9.17) is 0 Å². The molecule has 0 spiro atoms. The Bertz CT molecular complexity index is 457. The Labute approximate surface area is 185 Å². The Morgan fingerprint density at radius 3 is 1.45 bits per heavy atom. The number of hydrogen-bond acceptors (Lipinski definition) is 0. The number of nitrogens with zero attached hydrogens (tertiary/aromatic N) is 1. The van der Waals surface area contributed by atoms with Crippen molar-refractivity contribution in [3.63, 3.8) is 0 Å². The molecule has 0 saturated carbocycles. The topological polar surface area (TPSA) is 0 Å². The second-order valence-electron chi connectivity index (χ2n) is 9.53. The van der Waals surface area contributed by atoms with Crippen molar-refractivity contribution < 1.29 is 4.25 Å². The average molecular weight is 421 g/mol. The minimum Gasteiger partial charge on any atom is -0.317 e. The molecule has 1 rings (SSSR count). The fourth-order valence-corrected chi connectivity index (χ4v) is 5.20. The summed E-state index contributed by atoms with van der Waals surface area (Å²) in [6.45, 7) is 3.64. The molecule has 1 unspecified atom stereocenters. The normalized spacial score (nSPS) is 12.2. The summed E-state index contributed by atoms with van der Waals surface area (Å²) in [6.07, 6.45) is 24.5. The van der Waals surface area contributed by atoms with Gasteiger partial charge in [0.2, 0.25) is 0 Å². The number of benzene rings is 1. The lowest BCUT2D eigenvalue weighted by Crippen LogP contribution is -2.31. The van der Waals surface area contributed by atoms with E-state index in [1.165, 1.54) is 125 Å². The number of rotatable bonds is 20. The maximum atomic E-state index is 2.41. The summed E-state index contributed by atoms with van der Waals surface area (Å²) in [7, 11) is 5.80. The van der Waals surface area contributed by atoms with Gasteiger partial charge >= 0.3 is 0 Å². The summed E-state index contributed by atoms with van der Waals surface area (Å²) in [4.78, 5) is 0. The molecule has 0 fully saturated rings. The summed E-state index contributed by atoms with van der Waals surface area (Å²) >= 11 is 0. The molecule has 1 aromatic rings. The molecule has 0 aliphatic rings. The molecule has 0 aliphatic carbocycles. The fourth-order valence-electron chi connectivity index (χ4n) is 4.04. The van der Waals surface area contributed by atoms with Crippen molar-refractivity contribution in [1.82, 2.24) is 0 Å². The second kappa shape index (κ2) is 18.4. The monoisotopic (exact) mass is 420 g/mol. The van der Waals surface area contributed by atoms with Gasteiger partial charge in [-0.1, -0.05) is 127 Å². The van der Waals surface area contributed by atoms with E-state index in [9.17, 15) is 0 Å². The maximum Gasteiger partial charge on any atom is 0.0933 e. The van der Waals surface area contributed by atoms with Gasteiger partial charge in [-0.25, -0.2) is 0 Å². The third-order valence-electron chi connectivity index (χ3n) is 6.12. The van der Waals surface area contributed by atoms with Crippen LogP contribution in [0.1, 0.15) is 115 Å². The van der Waals surface area contributed by atoms with Gasteiger partial charge in [0.1, 0.15) is 0 Å². The van der Waals surface area contributed by atoms with Crippen molar-refractivity contribution in [3.05, 3.63) is 35.9 Å². The van der Waals surface area contributed by atoms with Gasteiger partial charge in [0.15, 0.2) is 0 Å². The molecule has 2 heteroatoms. The molecule has 0 heterocycles. The van der Waals surface area contributed by atoms with Crippen LogP contribution < -0.4 is 0 Å². The van der Waals surface area contributed by atoms with E-state index >= 15 is 0 Å². The SMILES string of the molecule is CCCCCCCCCCCCCCCCCC[N+](C)(C)PCc1ccccc1. The molecule has 168 valence electrons. The number of unbranched alkanes of at least 4 members (excludes halogenated alkanes) is 15. The van der Waals surface area contributed by atoms with E-state index in [1.807, 2.05) is 0 Å². The molecule has 0 saturated heterocycles. The quantitative estimate of drug-likeness (QED) is 0.146. The molecule has 0 bridgehead atoms. The third kappa shape index (κ3) is 17.0. The van der Waals surface area contributed by atoms with Crippen LogP contribution in [0.3, 0.4) is 0 Å². The van der Waals surface area contributed by atoms with Crippen LogP contribution in [-0.2, 0) is 6.16 Å². The molecular weight excluding hydrogens is 369 g/mol. The minimum atomic E-state index is 0.985. The van der Waals surface area contributed by atoms with Gasteiger partial charge in [0.05, 0.1) is 29.4 Å². The van der Waals surface area contributed by atoms with Crippen LogP contribution in [0.2, 0.25) is 0 Å². The van der Waals surface area contributed by atoms with E-state index in [2.05, 4.69) is 51.4 Å². The highest BCUT2D eigenvalue weighted by Gasteiger charge is 2.14. The third-order valence-corrected chi connectivity index (χ3v) is 7.77.